The molecule has 8 rings (SSSR count). The average Bonchev–Trinajstić information content (AvgIpc) is 4.04. The molecule has 0 aliphatic carbocycles. The predicted molar refractivity (Wildman–Crippen MR) is 258 cm³/mol. The summed E-state index contributed by atoms with van der Waals surface area (Å²) in [5.41, 5.74) is 9.30. The fourth-order valence-electron chi connectivity index (χ4n) is 7.24. The number of rotatable bonds is 15. The highest BCUT2D eigenvalue weighted by molar-refractivity contribution is 8.00. The number of carbonyl (C=O) groups is 4. The van der Waals surface area contributed by atoms with E-state index >= 15 is 0 Å². The molecule has 6 heterocycles. The fraction of sp³-hybridized carbons (Fsp3) is 0.261. The van der Waals surface area contributed by atoms with E-state index in [0.717, 1.165) is 43.9 Å². The lowest BCUT2D eigenvalue weighted by molar-refractivity contribution is -0.687. The number of benzene rings is 2. The van der Waals surface area contributed by atoms with E-state index in [2.05, 4.69) is 36.4 Å². The number of amides is 3. The van der Waals surface area contributed by atoms with Crippen molar-refractivity contribution in [1.29, 1.82) is 0 Å². The molecule has 0 bridgehead atoms. The number of halogens is 2. The van der Waals surface area contributed by atoms with Crippen LogP contribution in [0, 0.1) is 0 Å². The monoisotopic (exact) mass is 1110 g/mol. The summed E-state index contributed by atoms with van der Waals surface area (Å²) in [6.07, 6.45) is 5.18. The van der Waals surface area contributed by atoms with Crippen LogP contribution in [0.3, 0.4) is 0 Å². The largest absolute Gasteiger partial charge is 1.00 e. The number of thioether (sulfide) groups is 1. The van der Waals surface area contributed by atoms with Gasteiger partial charge in [0.05, 0.1) is 30.2 Å². The lowest BCUT2D eigenvalue weighted by Gasteiger charge is -2.49. The molecule has 0 unspecified atom stereocenters. The highest BCUT2D eigenvalue weighted by Crippen LogP contribution is 2.41. The van der Waals surface area contributed by atoms with Gasteiger partial charge in [0, 0.05) is 39.4 Å². The molecule has 0 spiro atoms. The Morgan fingerprint density at radius 1 is 1.06 bits per heavy atom. The van der Waals surface area contributed by atoms with Gasteiger partial charge in [0.2, 0.25) is 0 Å². The van der Waals surface area contributed by atoms with E-state index in [9.17, 15) is 19.2 Å². The van der Waals surface area contributed by atoms with Crippen molar-refractivity contribution in [2.75, 3.05) is 25.3 Å². The van der Waals surface area contributed by atoms with Gasteiger partial charge in [-0.05, 0) is 62.7 Å². The number of amidine groups is 1. The van der Waals surface area contributed by atoms with Crippen LogP contribution in [-0.2, 0) is 48.4 Å². The van der Waals surface area contributed by atoms with Gasteiger partial charge >= 0.3 is 12.1 Å². The van der Waals surface area contributed by atoms with Crippen LogP contribution < -0.4 is 49.6 Å². The number of fused-ring (bicyclic) bond motifs is 2. The Bertz CT molecular complexity index is 2950. The Balaban J connectivity index is 0.00000684. The van der Waals surface area contributed by atoms with Gasteiger partial charge in [-0.3, -0.25) is 19.8 Å². The third-order valence-corrected chi connectivity index (χ3v) is 13.7. The van der Waals surface area contributed by atoms with Gasteiger partial charge < -0.3 is 58.6 Å². The van der Waals surface area contributed by atoms with Crippen molar-refractivity contribution in [2.24, 2.45) is 15.9 Å². The second-order valence-electron chi connectivity index (χ2n) is 16.2. The molecule has 17 nitrogen and oxygen atoms in total. The first-order chi connectivity index (χ1) is 32.2. The SMILES string of the molecule is CO/N=C(\C(=O)N[C@@H]1C(=O)N2C(C(=O)OCc3ccc(OC)cc3)=C(C[n+]3ccc4c(ccn4Cc4cc(C(N)=Nc5ccccc5)cs4)c3)CS[C@H]12)c1nc(NC(=O)OC(C)(C)C)sc1Cl.[I-]. The maximum Gasteiger partial charge on any atom is 0.413 e. The van der Waals surface area contributed by atoms with Crippen LogP contribution in [-0.4, -0.2) is 86.9 Å². The number of hydrogen-bond donors (Lipinski definition) is 3. The number of β-lactam (4-membered cyclic amide) rings is 1. The number of para-hydroxylation sites is 1. The number of nitrogens with zero attached hydrogens (tertiary/aromatic N) is 6. The average molecular weight is 1110 g/mol. The molecule has 1 fully saturated rings. The highest BCUT2D eigenvalue weighted by Gasteiger charge is 2.55. The van der Waals surface area contributed by atoms with Crippen LogP contribution >= 0.6 is 46.0 Å². The Labute approximate surface area is 425 Å². The number of anilines is 1. The molecule has 2 atom stereocenters. The summed E-state index contributed by atoms with van der Waals surface area (Å²) in [6.45, 7) is 5.98. The molecule has 6 aromatic rings. The van der Waals surface area contributed by atoms with E-state index in [1.807, 2.05) is 71.0 Å². The minimum Gasteiger partial charge on any atom is -1.00 e. The van der Waals surface area contributed by atoms with Crippen molar-refractivity contribution in [1.82, 2.24) is 19.8 Å². The predicted octanol–water partition coefficient (Wildman–Crippen LogP) is 3.99. The number of hydrogen-bond acceptors (Lipinski definition) is 14. The van der Waals surface area contributed by atoms with Gasteiger partial charge in [-0.2, -0.15) is 0 Å². The van der Waals surface area contributed by atoms with Gasteiger partial charge in [-0.15, -0.1) is 23.1 Å². The Hall–Kier alpha value is -6.01. The molecular weight excluding hydrogens is 1070 g/mol. The number of carbonyl (C=O) groups excluding carboxylic acids is 4. The number of thiazole rings is 1. The lowest BCUT2D eigenvalue weighted by Crippen LogP contribution is -3.00. The highest BCUT2D eigenvalue weighted by atomic mass is 127. The number of nitrogens with one attached hydrogen (secondary N) is 2. The first-order valence-electron chi connectivity index (χ1n) is 20.7. The zero-order valence-corrected chi connectivity index (χ0v) is 42.6. The molecule has 68 heavy (non-hydrogen) atoms. The maximum absolute atomic E-state index is 14.1. The first-order valence-corrected chi connectivity index (χ1v) is 23.8. The van der Waals surface area contributed by atoms with Crippen LogP contribution in [0.2, 0.25) is 4.34 Å². The third-order valence-electron chi connectivity index (χ3n) is 10.3. The zero-order valence-electron chi connectivity index (χ0n) is 37.2. The van der Waals surface area contributed by atoms with Gasteiger partial charge in [0.15, 0.2) is 29.8 Å². The van der Waals surface area contributed by atoms with Crippen LogP contribution in [0.4, 0.5) is 15.6 Å². The second-order valence-corrected chi connectivity index (χ2v) is 19.9. The maximum atomic E-state index is 14.1. The van der Waals surface area contributed by atoms with Gasteiger partial charge in [0.25, 0.3) is 11.8 Å². The summed E-state index contributed by atoms with van der Waals surface area (Å²) in [5, 5.41) is 11.5. The Morgan fingerprint density at radius 3 is 2.54 bits per heavy atom. The molecule has 4 N–H and O–H groups in total. The van der Waals surface area contributed by atoms with Gasteiger partial charge in [-0.1, -0.05) is 58.4 Å². The van der Waals surface area contributed by atoms with E-state index in [4.69, 9.17) is 36.4 Å². The summed E-state index contributed by atoms with van der Waals surface area (Å²) in [6, 6.07) is 21.7. The number of aliphatic imine (C=N–C) groups is 1. The summed E-state index contributed by atoms with van der Waals surface area (Å²) in [4.78, 5) is 70.8. The normalized spacial score (nSPS) is 16.1. The Kier molecular flexibility index (Phi) is 15.8. The molecule has 354 valence electrons. The second kappa shape index (κ2) is 21.5. The van der Waals surface area contributed by atoms with Crippen LogP contribution in [0.15, 0.2) is 118 Å². The molecule has 2 aromatic carbocycles. The van der Waals surface area contributed by atoms with Crippen molar-refractivity contribution in [2.45, 2.75) is 57.5 Å². The molecule has 2 aliphatic heterocycles. The number of esters is 1. The lowest BCUT2D eigenvalue weighted by atomic mass is 10.0. The molecule has 4 aromatic heterocycles. The third kappa shape index (κ3) is 11.5. The number of ether oxygens (including phenoxy) is 3. The van der Waals surface area contributed by atoms with Crippen LogP contribution in [0.25, 0.3) is 10.9 Å². The summed E-state index contributed by atoms with van der Waals surface area (Å²) >= 11 is 10.4. The molecule has 3 amide bonds. The van der Waals surface area contributed by atoms with Gasteiger partial charge in [0.1, 0.15) is 58.0 Å². The van der Waals surface area contributed by atoms with Crippen molar-refractivity contribution < 1.29 is 66.8 Å². The number of thiophene rings is 1. The molecule has 1 saturated heterocycles. The van der Waals surface area contributed by atoms with E-state index in [0.29, 0.717) is 29.5 Å². The number of aromatic nitrogens is 3. The van der Waals surface area contributed by atoms with Crippen LogP contribution in [0.1, 0.15) is 42.5 Å². The number of nitrogens with two attached hydrogens (primary N) is 1. The van der Waals surface area contributed by atoms with Gasteiger partial charge in [-0.25, -0.2) is 24.1 Å². The summed E-state index contributed by atoms with van der Waals surface area (Å²) in [5.74, 6) is -0.589. The quantitative estimate of drug-likeness (QED) is 0.0255. The molecule has 0 saturated carbocycles. The van der Waals surface area contributed by atoms with Crippen molar-refractivity contribution in [3.05, 3.63) is 134 Å². The number of pyridine rings is 1. The number of oxime groups is 1. The summed E-state index contributed by atoms with van der Waals surface area (Å²) in [7, 11) is 2.80. The van der Waals surface area contributed by atoms with E-state index in [1.165, 1.54) is 23.8 Å². The smallest absolute Gasteiger partial charge is 0.413 e. The summed E-state index contributed by atoms with van der Waals surface area (Å²) < 4.78 is 20.6. The van der Waals surface area contributed by atoms with Crippen LogP contribution in [0.5, 0.6) is 5.75 Å². The van der Waals surface area contributed by atoms with Crippen molar-refractivity contribution >= 4 is 103 Å². The minimum absolute atomic E-state index is 0. The fourth-order valence-corrected chi connectivity index (χ4v) is 10.5. The Morgan fingerprint density at radius 2 is 1.82 bits per heavy atom. The zero-order chi connectivity index (χ0) is 47.4. The van der Waals surface area contributed by atoms with E-state index in [1.54, 1.807) is 63.5 Å². The van der Waals surface area contributed by atoms with E-state index in [-0.39, 0.29) is 63.7 Å². The minimum atomic E-state index is -1.06. The number of methoxy groups -OCH3 is 1. The molecule has 0 radical (unpaired) electrons. The molecule has 2 aliphatic rings. The molecular formula is C46H45ClIN9O8S3. The van der Waals surface area contributed by atoms with Crippen molar-refractivity contribution in [3.63, 3.8) is 0 Å². The van der Waals surface area contributed by atoms with Crippen molar-refractivity contribution in [3.8, 4) is 5.75 Å². The molecule has 22 heteroatoms. The first kappa shape index (κ1) is 49.9. The standard InChI is InChI=1S/C46H44ClN9O8S3.HI/c1-46(2,3)64-45(60)52-44-51-34(38(47)67-44)35(53-62-5)40(57)50-36-41(58)56-37(43(59)63-23-26-11-13-31(61-4)14-12-26)29(25-66-42(36)56)21-54-17-16-33-27(20-54)15-18-55(33)22-32-19-28(24-65-32)39(48)49-30-9-7-6-8-10-30;/h6-20,24,36,42H,21-23,25H2,1-5H3,(H3-,48,49,50,51,52,57,60);1H/b53-35-;/t36-,42-;/m1./s1. The van der Waals surface area contributed by atoms with E-state index < -0.39 is 40.9 Å². The topological polar surface area (TPSA) is 205 Å².